The van der Waals surface area contributed by atoms with E-state index >= 15 is 0 Å². The van der Waals surface area contributed by atoms with Gasteiger partial charge in [0.05, 0.1) is 0 Å². The zero-order valence-electron chi connectivity index (χ0n) is 12.5. The Kier molecular flexibility index (Phi) is 4.35. The summed E-state index contributed by atoms with van der Waals surface area (Å²) in [5.41, 5.74) is 2.07. The van der Waals surface area contributed by atoms with Gasteiger partial charge in [0.15, 0.2) is 0 Å². The highest BCUT2D eigenvalue weighted by Gasteiger charge is 2.30. The molecule has 106 valence electrons. The smallest absolute Gasteiger partial charge is 0.122 e. The third kappa shape index (κ3) is 3.21. The number of hydrogen-bond acceptors (Lipinski definition) is 3. The van der Waals surface area contributed by atoms with Gasteiger partial charge in [-0.05, 0) is 45.2 Å². The van der Waals surface area contributed by atoms with Crippen LogP contribution in [0.1, 0.15) is 45.2 Å². The van der Waals surface area contributed by atoms with Gasteiger partial charge in [0.25, 0.3) is 0 Å². The summed E-state index contributed by atoms with van der Waals surface area (Å²) in [5.74, 6) is 1.22. The maximum absolute atomic E-state index is 10.2. The number of nitrogens with one attached hydrogen (secondary N) is 1. The molecule has 1 aromatic carbocycles. The van der Waals surface area contributed by atoms with Gasteiger partial charge in [-0.15, -0.1) is 0 Å². The van der Waals surface area contributed by atoms with Crippen molar-refractivity contribution in [2.45, 2.75) is 45.7 Å². The van der Waals surface area contributed by atoms with E-state index < -0.39 is 0 Å². The first-order chi connectivity index (χ1) is 9.04. The van der Waals surface area contributed by atoms with Crippen molar-refractivity contribution in [1.29, 1.82) is 0 Å². The SMILES string of the molecule is CCNC(C)c1ccc(N(C)C(C)C2CC2)cc1O. The molecular formula is C16H26N2O. The number of aromatic hydroxyl groups is 1. The highest BCUT2D eigenvalue weighted by atomic mass is 16.3. The largest absolute Gasteiger partial charge is 0.508 e. The number of nitrogens with zero attached hydrogens (tertiary/aromatic N) is 1. The van der Waals surface area contributed by atoms with Gasteiger partial charge < -0.3 is 15.3 Å². The molecule has 2 atom stereocenters. The standard InChI is InChI=1S/C16H26N2O/c1-5-17-11(2)15-9-8-14(10-16(15)19)18(4)12(3)13-6-7-13/h8-13,17,19H,5-7H2,1-4H3. The summed E-state index contributed by atoms with van der Waals surface area (Å²) in [5, 5.41) is 13.5. The molecule has 2 rings (SSSR count). The van der Waals surface area contributed by atoms with Crippen LogP contribution in [0.3, 0.4) is 0 Å². The van der Waals surface area contributed by atoms with Crippen LogP contribution in [0.2, 0.25) is 0 Å². The molecule has 1 aliphatic rings. The van der Waals surface area contributed by atoms with Gasteiger partial charge in [0.2, 0.25) is 0 Å². The highest BCUT2D eigenvalue weighted by molar-refractivity contribution is 5.54. The van der Waals surface area contributed by atoms with E-state index in [-0.39, 0.29) is 6.04 Å². The van der Waals surface area contributed by atoms with Crippen LogP contribution in [0.5, 0.6) is 5.75 Å². The molecule has 0 radical (unpaired) electrons. The fourth-order valence-electron chi connectivity index (χ4n) is 2.66. The van der Waals surface area contributed by atoms with Crippen LogP contribution < -0.4 is 10.2 Å². The van der Waals surface area contributed by atoms with E-state index in [4.69, 9.17) is 0 Å². The lowest BCUT2D eigenvalue weighted by atomic mass is 10.1. The van der Waals surface area contributed by atoms with Crippen LogP contribution in [-0.4, -0.2) is 24.7 Å². The van der Waals surface area contributed by atoms with Crippen LogP contribution in [0.15, 0.2) is 18.2 Å². The van der Waals surface area contributed by atoms with Crippen LogP contribution in [0, 0.1) is 5.92 Å². The molecule has 1 aromatic rings. The zero-order chi connectivity index (χ0) is 14.0. The first kappa shape index (κ1) is 14.2. The molecule has 2 unspecified atom stereocenters. The van der Waals surface area contributed by atoms with Gasteiger partial charge in [-0.25, -0.2) is 0 Å². The van der Waals surface area contributed by atoms with Crippen LogP contribution in [0.25, 0.3) is 0 Å². The van der Waals surface area contributed by atoms with E-state index in [2.05, 4.69) is 44.1 Å². The topological polar surface area (TPSA) is 35.5 Å². The Morgan fingerprint density at radius 2 is 2.05 bits per heavy atom. The Morgan fingerprint density at radius 1 is 1.37 bits per heavy atom. The molecule has 0 aliphatic heterocycles. The van der Waals surface area contributed by atoms with E-state index in [1.165, 1.54) is 12.8 Å². The summed E-state index contributed by atoms with van der Waals surface area (Å²) in [6, 6.07) is 6.78. The number of anilines is 1. The molecule has 0 saturated heterocycles. The van der Waals surface area contributed by atoms with Crippen molar-refractivity contribution in [3.63, 3.8) is 0 Å². The average Bonchev–Trinajstić information content (AvgIpc) is 3.21. The number of rotatable bonds is 6. The van der Waals surface area contributed by atoms with Crippen molar-refractivity contribution >= 4 is 5.69 Å². The Balaban J connectivity index is 2.13. The monoisotopic (exact) mass is 262 g/mol. The van der Waals surface area contributed by atoms with Crippen molar-refractivity contribution in [3.8, 4) is 5.75 Å². The predicted molar refractivity (Wildman–Crippen MR) is 80.8 cm³/mol. The second-order valence-electron chi connectivity index (χ2n) is 5.71. The Labute approximate surface area is 116 Å². The highest BCUT2D eigenvalue weighted by Crippen LogP contribution is 2.37. The Hall–Kier alpha value is -1.22. The number of benzene rings is 1. The van der Waals surface area contributed by atoms with E-state index in [1.807, 2.05) is 12.1 Å². The molecule has 1 aliphatic carbocycles. The fraction of sp³-hybridized carbons (Fsp3) is 0.625. The molecule has 2 N–H and O–H groups in total. The molecule has 19 heavy (non-hydrogen) atoms. The molecule has 3 heteroatoms. The van der Waals surface area contributed by atoms with E-state index in [0.29, 0.717) is 11.8 Å². The van der Waals surface area contributed by atoms with Crippen LogP contribution in [-0.2, 0) is 0 Å². The molecule has 1 fully saturated rings. The number of phenolic OH excluding ortho intramolecular Hbond substituents is 1. The van der Waals surface area contributed by atoms with Gasteiger partial charge in [0, 0.05) is 36.4 Å². The summed E-state index contributed by atoms with van der Waals surface area (Å²) >= 11 is 0. The zero-order valence-corrected chi connectivity index (χ0v) is 12.5. The first-order valence-corrected chi connectivity index (χ1v) is 7.33. The van der Waals surface area contributed by atoms with E-state index in [9.17, 15) is 5.11 Å². The fourth-order valence-corrected chi connectivity index (χ4v) is 2.66. The van der Waals surface area contributed by atoms with Crippen molar-refractivity contribution in [3.05, 3.63) is 23.8 Å². The third-order valence-corrected chi connectivity index (χ3v) is 4.31. The molecule has 0 spiro atoms. The van der Waals surface area contributed by atoms with Crippen LogP contribution in [0.4, 0.5) is 5.69 Å². The summed E-state index contributed by atoms with van der Waals surface area (Å²) < 4.78 is 0. The maximum Gasteiger partial charge on any atom is 0.122 e. The summed E-state index contributed by atoms with van der Waals surface area (Å²) in [6.07, 6.45) is 2.68. The van der Waals surface area contributed by atoms with Gasteiger partial charge in [-0.1, -0.05) is 13.0 Å². The maximum atomic E-state index is 10.2. The molecule has 0 aromatic heterocycles. The van der Waals surface area contributed by atoms with Crippen molar-refractivity contribution < 1.29 is 5.11 Å². The Morgan fingerprint density at radius 3 is 2.58 bits per heavy atom. The summed E-state index contributed by atoms with van der Waals surface area (Å²) in [7, 11) is 2.12. The quantitative estimate of drug-likeness (QED) is 0.825. The number of hydrogen-bond donors (Lipinski definition) is 2. The van der Waals surface area contributed by atoms with Gasteiger partial charge in [0.1, 0.15) is 5.75 Å². The first-order valence-electron chi connectivity index (χ1n) is 7.33. The molecular weight excluding hydrogens is 236 g/mol. The lowest BCUT2D eigenvalue weighted by Gasteiger charge is -2.28. The lowest BCUT2D eigenvalue weighted by Crippen LogP contribution is -2.30. The minimum atomic E-state index is 0.185. The van der Waals surface area contributed by atoms with Crippen molar-refractivity contribution in [1.82, 2.24) is 5.32 Å². The lowest BCUT2D eigenvalue weighted by molar-refractivity contribution is 0.454. The van der Waals surface area contributed by atoms with Gasteiger partial charge in [-0.2, -0.15) is 0 Å². The minimum Gasteiger partial charge on any atom is -0.508 e. The summed E-state index contributed by atoms with van der Waals surface area (Å²) in [4.78, 5) is 2.28. The molecule has 0 heterocycles. The second-order valence-corrected chi connectivity index (χ2v) is 5.71. The third-order valence-electron chi connectivity index (χ3n) is 4.31. The minimum absolute atomic E-state index is 0.185. The predicted octanol–water partition coefficient (Wildman–Crippen LogP) is 3.30. The number of phenols is 1. The van der Waals surface area contributed by atoms with Crippen molar-refractivity contribution in [2.24, 2.45) is 5.92 Å². The van der Waals surface area contributed by atoms with Crippen LogP contribution >= 0.6 is 0 Å². The van der Waals surface area contributed by atoms with Gasteiger partial charge in [-0.3, -0.25) is 0 Å². The van der Waals surface area contributed by atoms with Crippen molar-refractivity contribution in [2.75, 3.05) is 18.5 Å². The van der Waals surface area contributed by atoms with E-state index in [0.717, 1.165) is 23.7 Å². The molecule has 3 nitrogen and oxygen atoms in total. The van der Waals surface area contributed by atoms with Gasteiger partial charge >= 0.3 is 0 Å². The summed E-state index contributed by atoms with van der Waals surface area (Å²) in [6.45, 7) is 7.33. The second kappa shape index (κ2) is 5.83. The average molecular weight is 262 g/mol. The Bertz CT molecular complexity index is 429. The normalized spacial score (nSPS) is 18.1. The van der Waals surface area contributed by atoms with E-state index in [1.54, 1.807) is 0 Å². The molecule has 0 bridgehead atoms. The molecule has 1 saturated carbocycles. The molecule has 0 amide bonds.